The quantitative estimate of drug-likeness (QED) is 0.0930. The van der Waals surface area contributed by atoms with Crippen LogP contribution in [0.3, 0.4) is 0 Å². The van der Waals surface area contributed by atoms with Gasteiger partial charge in [0.05, 0.1) is 11.0 Å². The third-order valence-electron chi connectivity index (χ3n) is 8.96. The van der Waals surface area contributed by atoms with Crippen molar-refractivity contribution in [1.29, 1.82) is 0 Å². The molecule has 0 aliphatic heterocycles. The molecular formula is C48H37Cl3N6O2. The van der Waals surface area contributed by atoms with E-state index < -0.39 is 5.24 Å². The molecule has 0 atom stereocenters. The number of nitrogen functional groups attached to an aromatic ring is 1. The van der Waals surface area contributed by atoms with Gasteiger partial charge in [-0.2, -0.15) is 0 Å². The number of nitrogens with one attached hydrogen (secondary N) is 1. The zero-order valence-corrected chi connectivity index (χ0v) is 34.4. The molecule has 8 nitrogen and oxygen atoms in total. The molecule has 0 saturated carbocycles. The predicted molar refractivity (Wildman–Crippen MR) is 245 cm³/mol. The van der Waals surface area contributed by atoms with Crippen molar-refractivity contribution >= 4 is 79.1 Å². The maximum Gasteiger partial charge on any atom is 0.247 e. The van der Waals surface area contributed by atoms with E-state index in [-0.39, 0.29) is 5.91 Å². The number of nitrogens with zero attached hydrogens (tertiary/aromatic N) is 4. The zero-order valence-electron chi connectivity index (χ0n) is 32.1. The number of rotatable bonds is 7. The second-order valence-electron chi connectivity index (χ2n) is 13.1. The van der Waals surface area contributed by atoms with Crippen molar-refractivity contribution < 1.29 is 9.59 Å². The van der Waals surface area contributed by atoms with Gasteiger partial charge in [-0.3, -0.25) is 9.59 Å². The first kappa shape index (κ1) is 41.9. The van der Waals surface area contributed by atoms with Gasteiger partial charge in [-0.25, -0.2) is 19.9 Å². The van der Waals surface area contributed by atoms with Gasteiger partial charge in [-0.05, 0) is 121 Å². The molecule has 0 aliphatic carbocycles. The molecule has 0 fully saturated rings. The molecule has 11 heteroatoms. The number of hydrogen-bond acceptors (Lipinski definition) is 7. The van der Waals surface area contributed by atoms with Crippen LogP contribution in [0, 0.1) is 13.8 Å². The lowest BCUT2D eigenvalue weighted by molar-refractivity contribution is -0.112. The Bertz CT molecular complexity index is 2880. The lowest BCUT2D eigenvalue weighted by Crippen LogP contribution is -2.07. The topological polar surface area (TPSA) is 124 Å². The molecule has 3 N–H and O–H groups in total. The van der Waals surface area contributed by atoms with Crippen LogP contribution in [-0.4, -0.2) is 31.1 Å². The summed E-state index contributed by atoms with van der Waals surface area (Å²) in [6.07, 6.45) is 5.97. The second kappa shape index (κ2) is 19.2. The molecule has 2 aromatic heterocycles. The average molecular weight is 836 g/mol. The fourth-order valence-corrected chi connectivity index (χ4v) is 6.76. The highest BCUT2D eigenvalue weighted by Crippen LogP contribution is 2.38. The lowest BCUT2D eigenvalue weighted by Gasteiger charge is -2.13. The van der Waals surface area contributed by atoms with Crippen LogP contribution in [0.25, 0.3) is 66.3 Å². The van der Waals surface area contributed by atoms with Crippen LogP contribution in [0.5, 0.6) is 0 Å². The first-order valence-corrected chi connectivity index (χ1v) is 19.3. The van der Waals surface area contributed by atoms with Crippen LogP contribution in [0.1, 0.15) is 11.6 Å². The first-order chi connectivity index (χ1) is 28.4. The van der Waals surface area contributed by atoms with Crippen LogP contribution < -0.4 is 11.1 Å². The fraction of sp³-hybridized carbons (Fsp3) is 0.0417. The normalized spacial score (nSPS) is 10.5. The van der Waals surface area contributed by atoms with Crippen molar-refractivity contribution in [3.05, 3.63) is 181 Å². The number of fused-ring (bicyclic) bond motifs is 2. The van der Waals surface area contributed by atoms with E-state index in [1.807, 2.05) is 129 Å². The molecule has 8 aromatic rings. The van der Waals surface area contributed by atoms with E-state index in [0.717, 1.165) is 83.9 Å². The molecule has 1 amide bonds. The molecular weight excluding hydrogens is 799 g/mol. The van der Waals surface area contributed by atoms with Crippen molar-refractivity contribution in [2.75, 3.05) is 11.1 Å². The van der Waals surface area contributed by atoms with E-state index in [1.54, 1.807) is 0 Å². The van der Waals surface area contributed by atoms with E-state index in [1.165, 1.54) is 6.08 Å². The SMILES string of the molecule is C=CC(=O)Cl.C=CC(=O)Nc1cccc(-c2cc(-c3ccccc3Cl)cc3cnc(C)nc23)c1.Cc1ncc2cc(-c3ccccc3Cl)cc(-c3cccc(N)c3)c2n1. The third-order valence-corrected chi connectivity index (χ3v) is 9.77. The summed E-state index contributed by atoms with van der Waals surface area (Å²) in [6.45, 7) is 10.3. The molecule has 0 saturated heterocycles. The Morgan fingerprint density at radius 2 is 1.07 bits per heavy atom. The zero-order chi connectivity index (χ0) is 42.1. The summed E-state index contributed by atoms with van der Waals surface area (Å²) < 4.78 is 0. The van der Waals surface area contributed by atoms with Crippen LogP contribution in [0.2, 0.25) is 10.0 Å². The number of hydrogen-bond donors (Lipinski definition) is 2. The second-order valence-corrected chi connectivity index (χ2v) is 14.3. The van der Waals surface area contributed by atoms with E-state index in [2.05, 4.69) is 56.6 Å². The molecule has 0 bridgehead atoms. The van der Waals surface area contributed by atoms with Gasteiger partial charge in [-0.15, -0.1) is 0 Å². The Hall–Kier alpha value is -6.71. The van der Waals surface area contributed by atoms with Crippen molar-refractivity contribution in [2.45, 2.75) is 13.8 Å². The molecule has 0 unspecified atom stereocenters. The van der Waals surface area contributed by atoms with Crippen LogP contribution in [0.4, 0.5) is 11.4 Å². The molecule has 0 radical (unpaired) electrons. The Morgan fingerprint density at radius 1 is 0.593 bits per heavy atom. The van der Waals surface area contributed by atoms with Crippen LogP contribution in [0.15, 0.2) is 159 Å². The number of halogens is 3. The third kappa shape index (κ3) is 10.4. The van der Waals surface area contributed by atoms with Gasteiger partial charge in [-0.1, -0.05) is 97.0 Å². The highest BCUT2D eigenvalue weighted by Gasteiger charge is 2.14. The van der Waals surface area contributed by atoms with Crippen molar-refractivity contribution in [1.82, 2.24) is 19.9 Å². The van der Waals surface area contributed by atoms with Crippen molar-refractivity contribution in [3.8, 4) is 44.5 Å². The molecule has 2 heterocycles. The number of aryl methyl sites for hydroxylation is 2. The molecule has 0 aliphatic rings. The van der Waals surface area contributed by atoms with E-state index in [9.17, 15) is 9.59 Å². The van der Waals surface area contributed by atoms with Crippen molar-refractivity contribution in [3.63, 3.8) is 0 Å². The summed E-state index contributed by atoms with van der Waals surface area (Å²) in [5, 5.41) is 5.58. The molecule has 8 rings (SSSR count). The summed E-state index contributed by atoms with van der Waals surface area (Å²) in [5.41, 5.74) is 17.0. The number of anilines is 2. The highest BCUT2D eigenvalue weighted by molar-refractivity contribution is 6.66. The van der Waals surface area contributed by atoms with Gasteiger partial charge in [0.25, 0.3) is 0 Å². The predicted octanol–water partition coefficient (Wildman–Crippen LogP) is 12.5. The number of benzene rings is 6. The Labute approximate surface area is 357 Å². The minimum absolute atomic E-state index is 0.255. The minimum Gasteiger partial charge on any atom is -0.399 e. The van der Waals surface area contributed by atoms with Gasteiger partial charge in [0.15, 0.2) is 0 Å². The summed E-state index contributed by atoms with van der Waals surface area (Å²) in [7, 11) is 0. The maximum absolute atomic E-state index is 11.7. The number of amides is 1. The monoisotopic (exact) mass is 834 g/mol. The molecule has 0 spiro atoms. The summed E-state index contributed by atoms with van der Waals surface area (Å²) in [5.74, 6) is 1.18. The Kier molecular flexibility index (Phi) is 13.6. The van der Waals surface area contributed by atoms with Gasteiger partial charge in [0.2, 0.25) is 11.1 Å². The maximum atomic E-state index is 11.7. The van der Waals surface area contributed by atoms with Crippen molar-refractivity contribution in [2.24, 2.45) is 0 Å². The number of aromatic nitrogens is 4. The molecule has 6 aromatic carbocycles. The summed E-state index contributed by atoms with van der Waals surface area (Å²) in [6, 6.07) is 39.3. The smallest absolute Gasteiger partial charge is 0.247 e. The summed E-state index contributed by atoms with van der Waals surface area (Å²) >= 11 is 17.6. The number of allylic oxidation sites excluding steroid dienone is 1. The van der Waals surface area contributed by atoms with Gasteiger partial charge in [0.1, 0.15) is 11.6 Å². The molecule has 292 valence electrons. The average Bonchev–Trinajstić information content (AvgIpc) is 3.24. The Balaban J connectivity index is 0.000000180. The van der Waals surface area contributed by atoms with Gasteiger partial charge in [0, 0.05) is 66.8 Å². The summed E-state index contributed by atoms with van der Waals surface area (Å²) in [4.78, 5) is 39.2. The number of carbonyl (C=O) groups excluding carboxylic acids is 2. The van der Waals surface area contributed by atoms with E-state index >= 15 is 0 Å². The van der Waals surface area contributed by atoms with Crippen LogP contribution in [-0.2, 0) is 9.59 Å². The minimum atomic E-state index is -0.509. The van der Waals surface area contributed by atoms with E-state index in [4.69, 9.17) is 40.5 Å². The highest BCUT2D eigenvalue weighted by atomic mass is 35.5. The van der Waals surface area contributed by atoms with Gasteiger partial charge >= 0.3 is 0 Å². The van der Waals surface area contributed by atoms with Crippen LogP contribution >= 0.6 is 34.8 Å². The lowest BCUT2D eigenvalue weighted by atomic mass is 9.95. The standard InChI is InChI=1S/C24H18ClN3O.C21H16ClN3.C3H3ClO/c1-3-23(29)28-19-8-6-7-16(12-19)21-13-17(20-9-4-5-10-22(20)25)11-18-14-26-15(2)27-24(18)21;1-13-24-12-16-9-15(18-7-2-3-8-20(18)22)11-19(21(16)25-13)14-5-4-6-17(23)10-14;1-2-3(4)5/h3-14H,1H2,2H3,(H,28,29);2-12H,23H2,1H3;2H,1H2. The molecule has 59 heavy (non-hydrogen) atoms. The number of carbonyl (C=O) groups is 2. The first-order valence-electron chi connectivity index (χ1n) is 18.2. The largest absolute Gasteiger partial charge is 0.399 e. The van der Waals surface area contributed by atoms with Gasteiger partial charge < -0.3 is 11.1 Å². The fourth-order valence-electron chi connectivity index (χ4n) is 6.27. The number of nitrogens with two attached hydrogens (primary N) is 1. The Morgan fingerprint density at radius 3 is 1.53 bits per heavy atom. The van der Waals surface area contributed by atoms with E-state index in [0.29, 0.717) is 21.6 Å².